The molecule has 0 amide bonds. The highest BCUT2D eigenvalue weighted by molar-refractivity contribution is 5.50. The van der Waals surface area contributed by atoms with Gasteiger partial charge in [0.1, 0.15) is 5.60 Å². The number of hydrogen-bond donors (Lipinski definition) is 2. The first-order valence-corrected chi connectivity index (χ1v) is 4.46. The molecule has 1 aliphatic rings. The van der Waals surface area contributed by atoms with Gasteiger partial charge in [0.05, 0.1) is 0 Å². The Morgan fingerprint density at radius 3 is 2.46 bits per heavy atom. The summed E-state index contributed by atoms with van der Waals surface area (Å²) in [6, 6.07) is 10.0. The van der Waals surface area contributed by atoms with Crippen LogP contribution in [0.5, 0.6) is 0 Å². The van der Waals surface area contributed by atoms with Gasteiger partial charge in [-0.1, -0.05) is 36.4 Å². The summed E-state index contributed by atoms with van der Waals surface area (Å²) >= 11 is 0. The number of β-amino-alcohol motifs (C(OH)–C–C–N with tert-alkyl or cyclic N) is 1. The summed E-state index contributed by atoms with van der Waals surface area (Å²) < 4.78 is 0. The van der Waals surface area contributed by atoms with Gasteiger partial charge in [-0.15, -0.1) is 0 Å². The Balaban J connectivity index is 2.05. The molecule has 0 bridgehead atoms. The van der Waals surface area contributed by atoms with Crippen LogP contribution in [0.3, 0.4) is 0 Å². The molecule has 1 aromatic rings. The minimum Gasteiger partial charge on any atom is -0.383 e. The van der Waals surface area contributed by atoms with Crippen LogP contribution in [0.15, 0.2) is 36.4 Å². The highest BCUT2D eigenvalue weighted by Crippen LogP contribution is 2.14. The van der Waals surface area contributed by atoms with E-state index < -0.39 is 5.60 Å². The molecule has 1 saturated heterocycles. The van der Waals surface area contributed by atoms with Crippen LogP contribution in [0.2, 0.25) is 0 Å². The predicted molar refractivity (Wildman–Crippen MR) is 53.3 cm³/mol. The maximum atomic E-state index is 9.72. The van der Waals surface area contributed by atoms with Gasteiger partial charge in [0.25, 0.3) is 0 Å². The summed E-state index contributed by atoms with van der Waals surface area (Å²) in [5.74, 6) is 0. The van der Waals surface area contributed by atoms with E-state index in [1.807, 2.05) is 42.5 Å². The molecular formula is C11H13NO. The van der Waals surface area contributed by atoms with Crippen molar-refractivity contribution in [2.24, 2.45) is 0 Å². The molecule has 2 heteroatoms. The monoisotopic (exact) mass is 175 g/mol. The highest BCUT2D eigenvalue weighted by atomic mass is 16.3. The molecule has 0 atom stereocenters. The second-order valence-corrected chi connectivity index (χ2v) is 3.45. The van der Waals surface area contributed by atoms with Gasteiger partial charge in [-0.05, 0) is 11.6 Å². The van der Waals surface area contributed by atoms with Gasteiger partial charge in [0, 0.05) is 13.1 Å². The summed E-state index contributed by atoms with van der Waals surface area (Å²) in [5, 5.41) is 12.8. The standard InChI is InChI=1S/C11H13NO/c13-11(8-12-9-11)7-6-10-4-2-1-3-5-10/h1-7,12-13H,8-9H2/b7-6+. The summed E-state index contributed by atoms with van der Waals surface area (Å²) in [7, 11) is 0. The average molecular weight is 175 g/mol. The zero-order valence-corrected chi connectivity index (χ0v) is 7.40. The van der Waals surface area contributed by atoms with E-state index in [1.165, 1.54) is 0 Å². The van der Waals surface area contributed by atoms with Gasteiger partial charge in [-0.3, -0.25) is 0 Å². The SMILES string of the molecule is OC1(/C=C/c2ccccc2)CNC1. The first-order chi connectivity index (χ1) is 6.29. The molecule has 0 saturated carbocycles. The van der Waals surface area contributed by atoms with Crippen molar-refractivity contribution in [1.82, 2.24) is 5.32 Å². The number of aliphatic hydroxyl groups is 1. The Morgan fingerprint density at radius 2 is 1.92 bits per heavy atom. The molecule has 0 aromatic heterocycles. The molecule has 1 heterocycles. The molecule has 2 N–H and O–H groups in total. The van der Waals surface area contributed by atoms with Crippen molar-refractivity contribution >= 4 is 6.08 Å². The van der Waals surface area contributed by atoms with Gasteiger partial charge in [-0.25, -0.2) is 0 Å². The first kappa shape index (κ1) is 8.48. The molecule has 68 valence electrons. The average Bonchev–Trinajstić information content (AvgIpc) is 2.13. The smallest absolute Gasteiger partial charge is 0.108 e. The lowest BCUT2D eigenvalue weighted by atomic mass is 9.96. The third-order valence-corrected chi connectivity index (χ3v) is 2.25. The topological polar surface area (TPSA) is 32.3 Å². The third-order valence-electron chi connectivity index (χ3n) is 2.25. The minimum absolute atomic E-state index is 0.615. The Morgan fingerprint density at radius 1 is 1.23 bits per heavy atom. The van der Waals surface area contributed by atoms with Gasteiger partial charge in [0.2, 0.25) is 0 Å². The van der Waals surface area contributed by atoms with Crippen LogP contribution in [-0.2, 0) is 0 Å². The Hall–Kier alpha value is -1.12. The van der Waals surface area contributed by atoms with Crippen molar-refractivity contribution in [3.8, 4) is 0 Å². The maximum Gasteiger partial charge on any atom is 0.108 e. The second kappa shape index (κ2) is 3.32. The number of hydrogen-bond acceptors (Lipinski definition) is 2. The van der Waals surface area contributed by atoms with Crippen molar-refractivity contribution in [3.63, 3.8) is 0 Å². The molecule has 0 radical (unpaired) electrons. The first-order valence-electron chi connectivity index (χ1n) is 4.46. The number of nitrogens with one attached hydrogen (secondary N) is 1. The van der Waals surface area contributed by atoms with Crippen LogP contribution in [0.25, 0.3) is 6.08 Å². The van der Waals surface area contributed by atoms with Crippen LogP contribution in [0.4, 0.5) is 0 Å². The van der Waals surface area contributed by atoms with E-state index in [-0.39, 0.29) is 0 Å². The second-order valence-electron chi connectivity index (χ2n) is 3.45. The van der Waals surface area contributed by atoms with Crippen LogP contribution in [0.1, 0.15) is 5.56 Å². The molecule has 1 aromatic carbocycles. The van der Waals surface area contributed by atoms with E-state index >= 15 is 0 Å². The molecule has 2 rings (SSSR count). The van der Waals surface area contributed by atoms with Crippen LogP contribution < -0.4 is 5.32 Å². The van der Waals surface area contributed by atoms with Crippen molar-refractivity contribution < 1.29 is 5.11 Å². The van der Waals surface area contributed by atoms with E-state index in [0.717, 1.165) is 5.56 Å². The highest BCUT2D eigenvalue weighted by Gasteiger charge is 2.30. The van der Waals surface area contributed by atoms with Crippen molar-refractivity contribution in [1.29, 1.82) is 0 Å². The van der Waals surface area contributed by atoms with Gasteiger partial charge in [-0.2, -0.15) is 0 Å². The summed E-state index contributed by atoms with van der Waals surface area (Å²) in [6.45, 7) is 1.33. The van der Waals surface area contributed by atoms with Crippen LogP contribution >= 0.6 is 0 Å². The van der Waals surface area contributed by atoms with Crippen molar-refractivity contribution in [2.45, 2.75) is 5.60 Å². The van der Waals surface area contributed by atoms with E-state index in [9.17, 15) is 5.11 Å². The van der Waals surface area contributed by atoms with E-state index in [1.54, 1.807) is 0 Å². The number of benzene rings is 1. The molecular weight excluding hydrogens is 162 g/mol. The minimum atomic E-state index is -0.615. The van der Waals surface area contributed by atoms with Crippen molar-refractivity contribution in [2.75, 3.05) is 13.1 Å². The molecule has 0 aliphatic carbocycles. The fourth-order valence-corrected chi connectivity index (χ4v) is 1.31. The lowest BCUT2D eigenvalue weighted by Crippen LogP contribution is -2.57. The fraction of sp³-hybridized carbons (Fsp3) is 0.273. The summed E-state index contributed by atoms with van der Waals surface area (Å²) in [5.41, 5.74) is 0.512. The lowest BCUT2D eigenvalue weighted by molar-refractivity contribution is 0.0383. The third kappa shape index (κ3) is 1.97. The Bertz CT molecular complexity index is 301. The van der Waals surface area contributed by atoms with Gasteiger partial charge < -0.3 is 10.4 Å². The zero-order chi connectivity index (χ0) is 9.15. The largest absolute Gasteiger partial charge is 0.383 e. The lowest BCUT2D eigenvalue weighted by Gasteiger charge is -2.34. The molecule has 1 fully saturated rings. The Kier molecular flexibility index (Phi) is 2.17. The van der Waals surface area contributed by atoms with Gasteiger partial charge in [0.15, 0.2) is 0 Å². The summed E-state index contributed by atoms with van der Waals surface area (Å²) in [6.07, 6.45) is 3.82. The number of rotatable bonds is 2. The van der Waals surface area contributed by atoms with Crippen LogP contribution in [0, 0.1) is 0 Å². The molecule has 0 unspecified atom stereocenters. The van der Waals surface area contributed by atoms with E-state index in [4.69, 9.17) is 0 Å². The van der Waals surface area contributed by atoms with Crippen LogP contribution in [-0.4, -0.2) is 23.8 Å². The Labute approximate surface area is 77.9 Å². The molecule has 0 spiro atoms. The van der Waals surface area contributed by atoms with E-state index in [2.05, 4.69) is 5.32 Å². The normalized spacial score (nSPS) is 20.1. The zero-order valence-electron chi connectivity index (χ0n) is 7.40. The van der Waals surface area contributed by atoms with E-state index in [0.29, 0.717) is 13.1 Å². The van der Waals surface area contributed by atoms with Gasteiger partial charge >= 0.3 is 0 Å². The quantitative estimate of drug-likeness (QED) is 0.703. The molecule has 13 heavy (non-hydrogen) atoms. The predicted octanol–water partition coefficient (Wildman–Crippen LogP) is 1.03. The fourth-order valence-electron chi connectivity index (χ4n) is 1.31. The van der Waals surface area contributed by atoms with Crippen molar-refractivity contribution in [3.05, 3.63) is 42.0 Å². The molecule has 2 nitrogen and oxygen atoms in total. The summed E-state index contributed by atoms with van der Waals surface area (Å²) in [4.78, 5) is 0. The maximum absolute atomic E-state index is 9.72. The molecule has 1 aliphatic heterocycles.